The van der Waals surface area contributed by atoms with Gasteiger partial charge in [0.15, 0.2) is 0 Å². The first-order valence-electron chi connectivity index (χ1n) is 7.20. The summed E-state index contributed by atoms with van der Waals surface area (Å²) < 4.78 is 7.18. The van der Waals surface area contributed by atoms with Crippen LogP contribution in [0.15, 0.2) is 24.7 Å². The Hall–Kier alpha value is -1.98. The molecule has 0 radical (unpaired) electrons. The highest BCUT2D eigenvalue weighted by molar-refractivity contribution is 5.70. The number of amides is 1. The molecule has 0 saturated carbocycles. The molecule has 1 amide bonds. The van der Waals surface area contributed by atoms with Gasteiger partial charge < -0.3 is 10.1 Å². The summed E-state index contributed by atoms with van der Waals surface area (Å²) in [6, 6.07) is -0.0416. The predicted molar refractivity (Wildman–Crippen MR) is 81.9 cm³/mol. The molecule has 116 valence electrons. The Balaban J connectivity index is 2.00. The minimum absolute atomic E-state index is 0.0416. The van der Waals surface area contributed by atoms with Crippen molar-refractivity contribution in [1.29, 1.82) is 0 Å². The Kier molecular flexibility index (Phi) is 4.25. The van der Waals surface area contributed by atoms with E-state index < -0.39 is 5.60 Å². The van der Waals surface area contributed by atoms with Crippen LogP contribution in [0, 0.1) is 0 Å². The minimum Gasteiger partial charge on any atom is -0.444 e. The van der Waals surface area contributed by atoms with Gasteiger partial charge in [-0.05, 0) is 33.6 Å². The first-order valence-corrected chi connectivity index (χ1v) is 7.20. The fourth-order valence-corrected chi connectivity index (χ4v) is 2.42. The Labute approximate surface area is 125 Å². The lowest BCUT2D eigenvalue weighted by Crippen LogP contribution is -2.41. The average Bonchev–Trinajstić information content (AvgIpc) is 2.95. The van der Waals surface area contributed by atoms with Gasteiger partial charge in [0.2, 0.25) is 0 Å². The van der Waals surface area contributed by atoms with Crippen LogP contribution in [0.1, 0.15) is 33.6 Å². The number of anilines is 1. The summed E-state index contributed by atoms with van der Waals surface area (Å²) in [6.45, 7) is 10.4. The van der Waals surface area contributed by atoms with E-state index in [-0.39, 0.29) is 12.1 Å². The molecule has 0 unspecified atom stereocenters. The summed E-state index contributed by atoms with van der Waals surface area (Å²) >= 11 is 0. The van der Waals surface area contributed by atoms with E-state index in [4.69, 9.17) is 4.74 Å². The number of aromatic nitrogens is 2. The van der Waals surface area contributed by atoms with Gasteiger partial charge in [0.05, 0.1) is 17.9 Å². The van der Waals surface area contributed by atoms with Gasteiger partial charge in [-0.3, -0.25) is 9.58 Å². The van der Waals surface area contributed by atoms with E-state index in [1.807, 2.05) is 34.0 Å². The van der Waals surface area contributed by atoms with E-state index in [0.717, 1.165) is 24.2 Å². The second kappa shape index (κ2) is 5.79. The third-order valence-corrected chi connectivity index (χ3v) is 3.29. The van der Waals surface area contributed by atoms with Crippen LogP contribution in [-0.4, -0.2) is 39.0 Å². The zero-order valence-corrected chi connectivity index (χ0v) is 13.2. The van der Waals surface area contributed by atoms with Crippen molar-refractivity contribution in [2.75, 3.05) is 11.9 Å². The lowest BCUT2D eigenvalue weighted by molar-refractivity contribution is 0.0250. The third kappa shape index (κ3) is 4.00. The number of hydrogen-bond acceptors (Lipinski definition) is 4. The van der Waals surface area contributed by atoms with Gasteiger partial charge in [0, 0.05) is 25.5 Å². The fourth-order valence-electron chi connectivity index (χ4n) is 2.42. The summed E-state index contributed by atoms with van der Waals surface area (Å²) in [5.41, 5.74) is 1.19. The summed E-state index contributed by atoms with van der Waals surface area (Å²) in [5.74, 6) is 0. The molecule has 1 aromatic heterocycles. The Morgan fingerprint density at radius 1 is 1.52 bits per heavy atom. The van der Waals surface area contributed by atoms with Crippen LogP contribution in [0.25, 0.3) is 0 Å². The zero-order chi connectivity index (χ0) is 15.6. The van der Waals surface area contributed by atoms with Crippen molar-refractivity contribution < 1.29 is 9.53 Å². The highest BCUT2D eigenvalue weighted by atomic mass is 16.6. The summed E-state index contributed by atoms with van der Waals surface area (Å²) in [7, 11) is 1.86. The number of nitrogens with zero attached hydrogens (tertiary/aromatic N) is 3. The van der Waals surface area contributed by atoms with E-state index in [1.165, 1.54) is 0 Å². The van der Waals surface area contributed by atoms with Crippen LogP contribution in [0.2, 0.25) is 0 Å². The lowest BCUT2D eigenvalue weighted by Gasteiger charge is -2.29. The highest BCUT2D eigenvalue weighted by Crippen LogP contribution is 2.26. The molecule has 0 spiro atoms. The molecular formula is C15H24N4O2. The van der Waals surface area contributed by atoms with Crippen LogP contribution in [0.5, 0.6) is 0 Å². The number of likely N-dealkylation sites (tertiary alicyclic amines) is 1. The van der Waals surface area contributed by atoms with Crippen LogP contribution in [0.3, 0.4) is 0 Å². The van der Waals surface area contributed by atoms with Gasteiger partial charge in [-0.25, -0.2) is 4.79 Å². The van der Waals surface area contributed by atoms with E-state index in [9.17, 15) is 4.79 Å². The van der Waals surface area contributed by atoms with Crippen molar-refractivity contribution in [3.05, 3.63) is 24.7 Å². The molecule has 0 aliphatic carbocycles. The molecule has 2 heterocycles. The molecular weight excluding hydrogens is 268 g/mol. The number of ether oxygens (including phenoxy) is 1. The molecule has 1 aliphatic heterocycles. The predicted octanol–water partition coefficient (Wildman–Crippen LogP) is 2.75. The maximum absolute atomic E-state index is 12.3. The lowest BCUT2D eigenvalue weighted by atomic mass is 10.1. The standard InChI is InChI=1S/C15H24N4O2/c1-11(17-12-9-16-18(5)10-12)13-7-6-8-19(13)14(20)21-15(2,3)4/h9-10,13,17H,1,6-8H2,2-5H3/t13-/m1/s1. The molecule has 0 bridgehead atoms. The highest BCUT2D eigenvalue weighted by Gasteiger charge is 2.33. The second-order valence-corrected chi connectivity index (χ2v) is 6.38. The van der Waals surface area contributed by atoms with Crippen molar-refractivity contribution >= 4 is 11.8 Å². The number of hydrogen-bond donors (Lipinski definition) is 1. The van der Waals surface area contributed by atoms with Gasteiger partial charge >= 0.3 is 6.09 Å². The first kappa shape index (κ1) is 15.4. The molecule has 21 heavy (non-hydrogen) atoms. The molecule has 1 fully saturated rings. The number of carbonyl (C=O) groups is 1. The van der Waals surface area contributed by atoms with Gasteiger partial charge in [-0.15, -0.1) is 0 Å². The molecule has 1 aliphatic rings. The fraction of sp³-hybridized carbons (Fsp3) is 0.600. The smallest absolute Gasteiger partial charge is 0.410 e. The summed E-state index contributed by atoms with van der Waals surface area (Å²) in [6.07, 6.45) is 5.18. The Bertz CT molecular complexity index is 530. The van der Waals surface area contributed by atoms with Gasteiger partial charge in [-0.1, -0.05) is 6.58 Å². The summed E-state index contributed by atoms with van der Waals surface area (Å²) in [4.78, 5) is 14.0. The normalized spacial score (nSPS) is 18.7. The van der Waals surface area contributed by atoms with E-state index in [0.29, 0.717) is 6.54 Å². The monoisotopic (exact) mass is 292 g/mol. The summed E-state index contributed by atoms with van der Waals surface area (Å²) in [5, 5.41) is 7.33. The topological polar surface area (TPSA) is 59.4 Å². The first-order chi connectivity index (χ1) is 9.76. The Morgan fingerprint density at radius 3 is 2.81 bits per heavy atom. The quantitative estimate of drug-likeness (QED) is 0.930. The SMILES string of the molecule is C=C(Nc1cnn(C)c1)[C@H]1CCCN1C(=O)OC(C)(C)C. The van der Waals surface area contributed by atoms with Crippen molar-refractivity contribution in [2.45, 2.75) is 45.3 Å². The average molecular weight is 292 g/mol. The Morgan fingerprint density at radius 2 is 2.24 bits per heavy atom. The van der Waals surface area contributed by atoms with E-state index >= 15 is 0 Å². The molecule has 6 nitrogen and oxygen atoms in total. The molecule has 1 aromatic rings. The van der Waals surface area contributed by atoms with Crippen LogP contribution in [-0.2, 0) is 11.8 Å². The largest absolute Gasteiger partial charge is 0.444 e. The van der Waals surface area contributed by atoms with Gasteiger partial charge in [-0.2, -0.15) is 5.10 Å². The van der Waals surface area contributed by atoms with Gasteiger partial charge in [0.1, 0.15) is 5.60 Å². The van der Waals surface area contributed by atoms with Crippen LogP contribution < -0.4 is 5.32 Å². The number of aryl methyl sites for hydroxylation is 1. The molecule has 0 aromatic carbocycles. The maximum Gasteiger partial charge on any atom is 0.410 e. The second-order valence-electron chi connectivity index (χ2n) is 6.38. The van der Waals surface area contributed by atoms with Crippen molar-refractivity contribution in [2.24, 2.45) is 7.05 Å². The molecule has 6 heteroatoms. The number of rotatable bonds is 3. The molecule has 1 atom stereocenters. The third-order valence-electron chi connectivity index (χ3n) is 3.29. The molecule has 1 N–H and O–H groups in total. The number of nitrogens with one attached hydrogen (secondary N) is 1. The van der Waals surface area contributed by atoms with Crippen molar-refractivity contribution in [3.63, 3.8) is 0 Å². The van der Waals surface area contributed by atoms with Crippen LogP contribution in [0.4, 0.5) is 10.5 Å². The molecule has 2 rings (SSSR count). The number of carbonyl (C=O) groups excluding carboxylic acids is 1. The molecule has 1 saturated heterocycles. The van der Waals surface area contributed by atoms with E-state index in [2.05, 4.69) is 17.0 Å². The minimum atomic E-state index is -0.484. The van der Waals surface area contributed by atoms with Crippen molar-refractivity contribution in [1.82, 2.24) is 14.7 Å². The van der Waals surface area contributed by atoms with Gasteiger partial charge in [0.25, 0.3) is 0 Å². The van der Waals surface area contributed by atoms with Crippen molar-refractivity contribution in [3.8, 4) is 0 Å². The maximum atomic E-state index is 12.3. The zero-order valence-electron chi connectivity index (χ0n) is 13.2. The van der Waals surface area contributed by atoms with E-state index in [1.54, 1.807) is 15.8 Å². The van der Waals surface area contributed by atoms with Crippen LogP contribution >= 0.6 is 0 Å².